The van der Waals surface area contributed by atoms with Crippen molar-refractivity contribution in [1.82, 2.24) is 19.7 Å². The van der Waals surface area contributed by atoms with Crippen LogP contribution in [0.2, 0.25) is 0 Å². The third-order valence-electron chi connectivity index (χ3n) is 6.28. The van der Waals surface area contributed by atoms with E-state index in [0.717, 1.165) is 34.5 Å². The lowest BCUT2D eigenvalue weighted by Crippen LogP contribution is -2.41. The number of benzene rings is 1. The smallest absolute Gasteiger partial charge is 0.410 e. The van der Waals surface area contributed by atoms with Crippen LogP contribution < -0.4 is 4.90 Å². The molecule has 196 valence electrons. The second kappa shape index (κ2) is 10.6. The molecule has 0 saturated heterocycles. The fraction of sp³-hybridized carbons (Fsp3) is 0.429. The van der Waals surface area contributed by atoms with Crippen molar-refractivity contribution in [3.05, 3.63) is 66.0 Å². The van der Waals surface area contributed by atoms with E-state index >= 15 is 0 Å². The molecule has 1 aliphatic heterocycles. The first-order valence-corrected chi connectivity index (χ1v) is 12.5. The van der Waals surface area contributed by atoms with E-state index < -0.39 is 5.60 Å². The summed E-state index contributed by atoms with van der Waals surface area (Å²) in [5, 5.41) is 9.46. The van der Waals surface area contributed by atoms with E-state index in [2.05, 4.69) is 23.1 Å². The lowest BCUT2D eigenvalue weighted by Gasteiger charge is -2.45. The molecule has 9 nitrogen and oxygen atoms in total. The number of carbonyl (C=O) groups is 2. The average Bonchev–Trinajstić information content (AvgIpc) is 3.31. The normalized spacial score (nSPS) is 17.2. The number of rotatable bonds is 6. The van der Waals surface area contributed by atoms with Gasteiger partial charge in [0.15, 0.2) is 0 Å². The molecule has 1 unspecified atom stereocenters. The maximum atomic E-state index is 12.5. The molecule has 2 amide bonds. The van der Waals surface area contributed by atoms with Gasteiger partial charge in [0.05, 0.1) is 12.7 Å². The number of nitrogens with zero attached hydrogens (tertiary/aromatic N) is 6. The van der Waals surface area contributed by atoms with E-state index in [-0.39, 0.29) is 24.1 Å². The summed E-state index contributed by atoms with van der Waals surface area (Å²) in [4.78, 5) is 32.3. The molecular weight excluding hydrogens is 468 g/mol. The highest BCUT2D eigenvalue weighted by molar-refractivity contribution is 5.94. The molecule has 37 heavy (non-hydrogen) atoms. The second-order valence-corrected chi connectivity index (χ2v) is 10.5. The van der Waals surface area contributed by atoms with E-state index in [4.69, 9.17) is 10.1 Å². The zero-order valence-electron chi connectivity index (χ0n) is 22.4. The SMILES string of the molecule is CC(=O)N1c2ccc(-c3cnn(CCN(C)C(=O)OC(C)(C)C)c3)cc2C([N-]c2cccnc2)C[C@@H]1C. The van der Waals surface area contributed by atoms with Gasteiger partial charge in [0.1, 0.15) is 5.60 Å². The molecule has 3 heterocycles. The summed E-state index contributed by atoms with van der Waals surface area (Å²) in [6, 6.07) is 9.88. The topological polar surface area (TPSA) is 94.7 Å². The summed E-state index contributed by atoms with van der Waals surface area (Å²) in [5.41, 5.74) is 4.12. The van der Waals surface area contributed by atoms with Crippen LogP contribution in [0.4, 0.5) is 16.2 Å². The highest BCUT2D eigenvalue weighted by atomic mass is 16.6. The first kappa shape index (κ1) is 26.2. The van der Waals surface area contributed by atoms with E-state index in [1.165, 1.54) is 0 Å². The van der Waals surface area contributed by atoms with Crippen LogP contribution in [0.25, 0.3) is 16.4 Å². The molecule has 1 aromatic carbocycles. The van der Waals surface area contributed by atoms with Gasteiger partial charge in [0.25, 0.3) is 0 Å². The number of likely N-dealkylation sites (N-methyl/N-ethyl adjacent to an activating group) is 1. The minimum absolute atomic E-state index is 0.0169. The van der Waals surface area contributed by atoms with Gasteiger partial charge < -0.3 is 19.9 Å². The summed E-state index contributed by atoms with van der Waals surface area (Å²) in [6.45, 7) is 10.2. The zero-order chi connectivity index (χ0) is 26.7. The number of pyridine rings is 1. The summed E-state index contributed by atoms with van der Waals surface area (Å²) in [6.07, 6.45) is 7.63. The summed E-state index contributed by atoms with van der Waals surface area (Å²) >= 11 is 0. The van der Waals surface area contributed by atoms with E-state index in [1.807, 2.05) is 67.0 Å². The molecule has 0 spiro atoms. The van der Waals surface area contributed by atoms with Crippen molar-refractivity contribution in [2.45, 2.75) is 65.3 Å². The summed E-state index contributed by atoms with van der Waals surface area (Å²) in [5.74, 6) is 0.0169. The minimum atomic E-state index is -0.534. The third kappa shape index (κ3) is 6.28. The Labute approximate surface area is 218 Å². The number of ether oxygens (including phenoxy) is 1. The molecule has 9 heteroatoms. The summed E-state index contributed by atoms with van der Waals surface area (Å²) in [7, 11) is 1.72. The maximum absolute atomic E-state index is 12.5. The van der Waals surface area contributed by atoms with Gasteiger partial charge in [-0.3, -0.25) is 14.5 Å². The number of hydrogen-bond acceptors (Lipinski definition) is 5. The van der Waals surface area contributed by atoms with E-state index in [9.17, 15) is 9.59 Å². The number of carbonyl (C=O) groups excluding carboxylic acids is 2. The first-order chi connectivity index (χ1) is 17.5. The monoisotopic (exact) mass is 503 g/mol. The van der Waals surface area contributed by atoms with Crippen molar-refractivity contribution in [2.75, 3.05) is 18.5 Å². The van der Waals surface area contributed by atoms with Gasteiger partial charge in [-0.2, -0.15) is 5.10 Å². The third-order valence-corrected chi connectivity index (χ3v) is 6.28. The Hall–Kier alpha value is -3.88. The quantitative estimate of drug-likeness (QED) is 0.430. The molecular formula is C28H35N6O3-. The Morgan fingerprint density at radius 1 is 1.19 bits per heavy atom. The van der Waals surface area contributed by atoms with Crippen molar-refractivity contribution in [2.24, 2.45) is 0 Å². The number of aromatic nitrogens is 3. The lowest BCUT2D eigenvalue weighted by molar-refractivity contribution is -0.117. The lowest BCUT2D eigenvalue weighted by atomic mass is 9.89. The largest absolute Gasteiger partial charge is 0.677 e. The molecule has 0 fully saturated rings. The number of amides is 2. The Kier molecular flexibility index (Phi) is 7.52. The molecule has 3 aromatic rings. The van der Waals surface area contributed by atoms with Crippen LogP contribution in [0.1, 0.15) is 52.6 Å². The summed E-state index contributed by atoms with van der Waals surface area (Å²) < 4.78 is 7.23. The second-order valence-electron chi connectivity index (χ2n) is 10.5. The molecule has 1 aliphatic rings. The van der Waals surface area contributed by atoms with E-state index in [1.54, 1.807) is 31.3 Å². The van der Waals surface area contributed by atoms with Gasteiger partial charge in [-0.25, -0.2) is 4.79 Å². The van der Waals surface area contributed by atoms with Crippen molar-refractivity contribution >= 4 is 23.4 Å². The van der Waals surface area contributed by atoms with Gasteiger partial charge in [0.2, 0.25) is 5.91 Å². The van der Waals surface area contributed by atoms with Crippen LogP contribution in [0, 0.1) is 0 Å². The van der Waals surface area contributed by atoms with Crippen LogP contribution in [-0.2, 0) is 16.1 Å². The molecule has 2 atom stereocenters. The van der Waals surface area contributed by atoms with Gasteiger partial charge in [-0.15, -0.1) is 5.69 Å². The average molecular weight is 504 g/mol. The van der Waals surface area contributed by atoms with Gasteiger partial charge in [-0.05, 0) is 57.4 Å². The van der Waals surface area contributed by atoms with Gasteiger partial charge >= 0.3 is 6.09 Å². The van der Waals surface area contributed by atoms with Gasteiger partial charge in [-0.1, -0.05) is 24.2 Å². The maximum Gasteiger partial charge on any atom is 0.410 e. The number of fused-ring (bicyclic) bond motifs is 1. The molecule has 0 bridgehead atoms. The van der Waals surface area contributed by atoms with Crippen LogP contribution in [-0.4, -0.2) is 56.9 Å². The Balaban J connectivity index is 1.55. The van der Waals surface area contributed by atoms with Crippen molar-refractivity contribution < 1.29 is 14.3 Å². The van der Waals surface area contributed by atoms with Crippen LogP contribution >= 0.6 is 0 Å². The Bertz CT molecular complexity index is 1250. The zero-order valence-corrected chi connectivity index (χ0v) is 22.4. The van der Waals surface area contributed by atoms with Crippen molar-refractivity contribution in [3.8, 4) is 11.1 Å². The predicted molar refractivity (Wildman–Crippen MR) is 144 cm³/mol. The fourth-order valence-electron chi connectivity index (χ4n) is 4.54. The Morgan fingerprint density at radius 3 is 2.65 bits per heavy atom. The number of hydrogen-bond donors (Lipinski definition) is 0. The standard InChI is InChI=1S/C28H35N6O3/c1-19-14-25(31-23-8-7-11-29-17-23)24-15-21(9-10-26(24)34(19)20(2)35)22-16-30-33(18-22)13-12-32(6)27(36)37-28(3,4)5/h7-11,15-19,25H,12-14H2,1-6H3/q-1/t19-,25?/m0/s1. The van der Waals surface area contributed by atoms with Crippen molar-refractivity contribution in [3.63, 3.8) is 0 Å². The van der Waals surface area contributed by atoms with Crippen LogP contribution in [0.5, 0.6) is 0 Å². The molecule has 0 radical (unpaired) electrons. The molecule has 0 aliphatic carbocycles. The minimum Gasteiger partial charge on any atom is -0.677 e. The molecule has 0 N–H and O–H groups in total. The van der Waals surface area contributed by atoms with Crippen LogP contribution in [0.3, 0.4) is 0 Å². The highest BCUT2D eigenvalue weighted by Crippen LogP contribution is 2.45. The predicted octanol–water partition coefficient (Wildman–Crippen LogP) is 5.70. The van der Waals surface area contributed by atoms with E-state index in [0.29, 0.717) is 13.1 Å². The highest BCUT2D eigenvalue weighted by Gasteiger charge is 2.29. The van der Waals surface area contributed by atoms with Crippen LogP contribution in [0.15, 0.2) is 55.1 Å². The first-order valence-electron chi connectivity index (χ1n) is 12.5. The molecule has 2 aromatic heterocycles. The molecule has 4 rings (SSSR count). The molecule has 0 saturated carbocycles. The van der Waals surface area contributed by atoms with Crippen molar-refractivity contribution in [1.29, 1.82) is 0 Å². The Morgan fingerprint density at radius 2 is 1.97 bits per heavy atom. The van der Waals surface area contributed by atoms with Gasteiger partial charge in [0, 0.05) is 56.4 Å². The fourth-order valence-corrected chi connectivity index (χ4v) is 4.54. The number of anilines is 1.